The second-order valence-corrected chi connectivity index (χ2v) is 7.57. The maximum absolute atomic E-state index is 13.7. The Labute approximate surface area is 184 Å². The molecule has 1 heterocycles. The molecular formula is C23H24F3N3O3. The number of nitrogens with zero attached hydrogens (tertiary/aromatic N) is 2. The molecule has 0 radical (unpaired) electrons. The van der Waals surface area contributed by atoms with Crippen LogP contribution in [0.15, 0.2) is 42.5 Å². The van der Waals surface area contributed by atoms with Crippen molar-refractivity contribution in [2.45, 2.75) is 19.8 Å². The number of anilines is 1. The van der Waals surface area contributed by atoms with Crippen molar-refractivity contribution in [2.75, 3.05) is 31.5 Å². The summed E-state index contributed by atoms with van der Waals surface area (Å²) in [6.45, 7) is 2.34. The van der Waals surface area contributed by atoms with Crippen LogP contribution in [-0.2, 0) is 9.59 Å². The summed E-state index contributed by atoms with van der Waals surface area (Å²) in [4.78, 5) is 40.7. The Balaban J connectivity index is 1.55. The van der Waals surface area contributed by atoms with Gasteiger partial charge in [-0.2, -0.15) is 0 Å². The lowest BCUT2D eigenvalue weighted by molar-refractivity contribution is -0.139. The fraction of sp³-hybridized carbons (Fsp3) is 0.348. The van der Waals surface area contributed by atoms with Gasteiger partial charge < -0.3 is 15.1 Å². The highest BCUT2D eigenvalue weighted by atomic mass is 19.1. The highest BCUT2D eigenvalue weighted by molar-refractivity contribution is 5.96. The van der Waals surface area contributed by atoms with Gasteiger partial charge in [-0.3, -0.25) is 14.4 Å². The first-order chi connectivity index (χ1) is 15.3. The van der Waals surface area contributed by atoms with Gasteiger partial charge >= 0.3 is 0 Å². The molecule has 1 aliphatic rings. The smallest absolute Gasteiger partial charge is 0.253 e. The summed E-state index contributed by atoms with van der Waals surface area (Å²) in [5.74, 6) is -3.76. The molecular weight excluding hydrogens is 423 g/mol. The summed E-state index contributed by atoms with van der Waals surface area (Å²) >= 11 is 0. The number of amides is 3. The van der Waals surface area contributed by atoms with E-state index < -0.39 is 29.0 Å². The third-order valence-electron chi connectivity index (χ3n) is 5.48. The van der Waals surface area contributed by atoms with Crippen molar-refractivity contribution in [2.24, 2.45) is 5.92 Å². The maximum Gasteiger partial charge on any atom is 0.253 e. The van der Waals surface area contributed by atoms with Crippen LogP contribution in [0.2, 0.25) is 0 Å². The predicted molar refractivity (Wildman–Crippen MR) is 112 cm³/mol. The molecule has 0 aliphatic carbocycles. The zero-order valence-electron chi connectivity index (χ0n) is 17.6. The van der Waals surface area contributed by atoms with E-state index in [1.807, 2.05) is 0 Å². The molecule has 3 rings (SSSR count). The van der Waals surface area contributed by atoms with Crippen molar-refractivity contribution < 1.29 is 27.6 Å². The van der Waals surface area contributed by atoms with Gasteiger partial charge in [-0.05, 0) is 56.2 Å². The number of benzene rings is 2. The lowest BCUT2D eigenvalue weighted by atomic mass is 9.94. The van der Waals surface area contributed by atoms with Gasteiger partial charge in [-0.15, -0.1) is 0 Å². The summed E-state index contributed by atoms with van der Waals surface area (Å²) in [5, 5.41) is 2.18. The zero-order chi connectivity index (χ0) is 23.3. The van der Waals surface area contributed by atoms with E-state index in [-0.39, 0.29) is 30.8 Å². The molecule has 170 valence electrons. The van der Waals surface area contributed by atoms with E-state index in [2.05, 4.69) is 5.32 Å². The molecule has 2 aromatic rings. The minimum absolute atomic E-state index is 0.227. The average molecular weight is 447 g/mol. The van der Waals surface area contributed by atoms with Gasteiger partial charge in [0.15, 0.2) is 0 Å². The van der Waals surface area contributed by atoms with Gasteiger partial charge in [-0.25, -0.2) is 13.2 Å². The number of likely N-dealkylation sites (N-methyl/N-ethyl adjacent to an activating group) is 1. The topological polar surface area (TPSA) is 69.7 Å². The van der Waals surface area contributed by atoms with E-state index in [1.54, 1.807) is 11.8 Å². The highest BCUT2D eigenvalue weighted by Crippen LogP contribution is 2.22. The number of hydrogen-bond donors (Lipinski definition) is 1. The molecule has 0 atom stereocenters. The van der Waals surface area contributed by atoms with Crippen LogP contribution in [0.4, 0.5) is 18.9 Å². The molecule has 0 saturated carbocycles. The number of hydrogen-bond acceptors (Lipinski definition) is 3. The minimum atomic E-state index is -0.897. The Bertz CT molecular complexity index is 969. The van der Waals surface area contributed by atoms with Crippen LogP contribution in [0, 0.1) is 23.4 Å². The number of halogens is 3. The monoisotopic (exact) mass is 447 g/mol. The third kappa shape index (κ3) is 5.46. The fourth-order valence-electron chi connectivity index (χ4n) is 3.68. The van der Waals surface area contributed by atoms with Crippen LogP contribution >= 0.6 is 0 Å². The van der Waals surface area contributed by atoms with Crippen LogP contribution < -0.4 is 5.32 Å². The summed E-state index contributed by atoms with van der Waals surface area (Å²) in [6.07, 6.45) is 0.845. The molecule has 6 nitrogen and oxygen atoms in total. The highest BCUT2D eigenvalue weighted by Gasteiger charge is 2.31. The Hall–Kier alpha value is -3.36. The normalized spacial score (nSPS) is 14.2. The Morgan fingerprint density at radius 1 is 1.00 bits per heavy atom. The second kappa shape index (κ2) is 10.3. The number of nitrogens with one attached hydrogen (secondary N) is 1. The molecule has 1 aliphatic heterocycles. The molecule has 1 saturated heterocycles. The van der Waals surface area contributed by atoms with E-state index in [0.29, 0.717) is 31.5 Å². The number of likely N-dealkylation sites (tertiary alicyclic amines) is 1. The molecule has 2 aromatic carbocycles. The standard InChI is InChI=1S/C23H24F3N3O3/c1-2-28(14-20(30)27-21-18(25)4-3-5-19(21)26)22(31)16-10-12-29(13-11-16)23(32)15-6-8-17(24)9-7-15/h3-9,16H,2,10-14H2,1H3,(H,27,30). The SMILES string of the molecule is CCN(CC(=O)Nc1c(F)cccc1F)C(=O)C1CCN(C(=O)c2ccc(F)cc2)CC1. The van der Waals surface area contributed by atoms with Gasteiger partial charge in [0.05, 0.1) is 6.54 Å². The van der Waals surface area contributed by atoms with Crippen molar-refractivity contribution in [3.63, 3.8) is 0 Å². The number of para-hydroxylation sites is 1. The largest absolute Gasteiger partial charge is 0.339 e. The quantitative estimate of drug-likeness (QED) is 0.738. The maximum atomic E-state index is 13.7. The van der Waals surface area contributed by atoms with Crippen molar-refractivity contribution in [3.05, 3.63) is 65.5 Å². The first kappa shape index (κ1) is 23.3. The predicted octanol–water partition coefficient (Wildman–Crippen LogP) is 3.44. The molecule has 3 amide bonds. The van der Waals surface area contributed by atoms with Crippen LogP contribution in [0.1, 0.15) is 30.1 Å². The minimum Gasteiger partial charge on any atom is -0.339 e. The molecule has 0 spiro atoms. The molecule has 9 heteroatoms. The van der Waals surface area contributed by atoms with Crippen molar-refractivity contribution in [1.82, 2.24) is 9.80 Å². The number of carbonyl (C=O) groups is 3. The Morgan fingerprint density at radius 2 is 1.59 bits per heavy atom. The average Bonchev–Trinajstić information content (AvgIpc) is 2.79. The van der Waals surface area contributed by atoms with Gasteiger partial charge in [-0.1, -0.05) is 6.07 Å². The molecule has 32 heavy (non-hydrogen) atoms. The summed E-state index contributed by atoms with van der Waals surface area (Å²) < 4.78 is 40.5. The summed E-state index contributed by atoms with van der Waals surface area (Å²) in [7, 11) is 0. The van der Waals surface area contributed by atoms with Crippen molar-refractivity contribution in [1.29, 1.82) is 0 Å². The molecule has 1 N–H and O–H groups in total. The van der Waals surface area contributed by atoms with Crippen LogP contribution in [0.25, 0.3) is 0 Å². The molecule has 0 unspecified atom stereocenters. The summed E-state index contributed by atoms with van der Waals surface area (Å²) in [6, 6.07) is 8.54. The van der Waals surface area contributed by atoms with E-state index in [9.17, 15) is 27.6 Å². The first-order valence-electron chi connectivity index (χ1n) is 10.4. The van der Waals surface area contributed by atoms with Gasteiger partial charge in [0, 0.05) is 31.1 Å². The first-order valence-corrected chi connectivity index (χ1v) is 10.4. The second-order valence-electron chi connectivity index (χ2n) is 7.57. The van der Waals surface area contributed by atoms with Crippen LogP contribution in [0.3, 0.4) is 0 Å². The van der Waals surface area contributed by atoms with Gasteiger partial charge in [0.25, 0.3) is 5.91 Å². The summed E-state index contributed by atoms with van der Waals surface area (Å²) in [5.41, 5.74) is -0.169. The third-order valence-corrected chi connectivity index (χ3v) is 5.48. The van der Waals surface area contributed by atoms with E-state index in [1.165, 1.54) is 35.2 Å². The van der Waals surface area contributed by atoms with Gasteiger partial charge in [0.1, 0.15) is 23.1 Å². The molecule has 0 aromatic heterocycles. The lowest BCUT2D eigenvalue weighted by Crippen LogP contribution is -2.46. The number of rotatable bonds is 6. The number of piperidine rings is 1. The Kier molecular flexibility index (Phi) is 7.50. The molecule has 1 fully saturated rings. The van der Waals surface area contributed by atoms with Crippen molar-refractivity contribution >= 4 is 23.4 Å². The van der Waals surface area contributed by atoms with Crippen molar-refractivity contribution in [3.8, 4) is 0 Å². The van der Waals surface area contributed by atoms with E-state index in [0.717, 1.165) is 12.1 Å². The van der Waals surface area contributed by atoms with E-state index in [4.69, 9.17) is 0 Å². The fourth-order valence-corrected chi connectivity index (χ4v) is 3.68. The number of carbonyl (C=O) groups excluding carboxylic acids is 3. The van der Waals surface area contributed by atoms with Crippen LogP contribution in [0.5, 0.6) is 0 Å². The van der Waals surface area contributed by atoms with E-state index >= 15 is 0 Å². The molecule has 0 bridgehead atoms. The van der Waals surface area contributed by atoms with Gasteiger partial charge in [0.2, 0.25) is 11.8 Å². The Morgan fingerprint density at radius 3 is 2.16 bits per heavy atom. The lowest BCUT2D eigenvalue weighted by Gasteiger charge is -2.34. The zero-order valence-corrected chi connectivity index (χ0v) is 17.6. The van der Waals surface area contributed by atoms with Crippen LogP contribution in [-0.4, -0.2) is 53.7 Å².